The minimum Gasteiger partial charge on any atom is -0.740 e. The molecule has 0 N–H and O–H groups in total. The molecule has 1 unspecified atom stereocenters. The van der Waals surface area contributed by atoms with Crippen molar-refractivity contribution in [2.45, 2.75) is 39.0 Å². The number of hydrogen-bond donors (Lipinski definition) is 0. The van der Waals surface area contributed by atoms with Crippen LogP contribution >= 0.6 is 0 Å². The zero-order valence-electron chi connectivity index (χ0n) is 11.6. The highest BCUT2D eigenvalue weighted by Gasteiger charge is 2.03. The monoisotopic (exact) mass is 291 g/mol. The first-order valence-corrected chi connectivity index (χ1v) is 8.00. The van der Waals surface area contributed by atoms with Gasteiger partial charge in [-0.05, 0) is 29.9 Å². The van der Waals surface area contributed by atoms with Crippen LogP contribution in [-0.4, -0.2) is 8.76 Å². The molecule has 0 amide bonds. The van der Waals surface area contributed by atoms with E-state index >= 15 is 0 Å². The van der Waals surface area contributed by atoms with Crippen molar-refractivity contribution >= 4 is 22.1 Å². The Hall–Kier alpha value is -1.39. The molecular weight excluding hydrogens is 272 g/mol. The van der Waals surface area contributed by atoms with Crippen molar-refractivity contribution in [2.24, 2.45) is 0 Å². The maximum absolute atomic E-state index is 10.7. The highest BCUT2D eigenvalue weighted by Crippen LogP contribution is 2.27. The van der Waals surface area contributed by atoms with E-state index in [2.05, 4.69) is 19.1 Å². The molecule has 0 aliphatic heterocycles. The summed E-state index contributed by atoms with van der Waals surface area (Å²) >= 11 is -2.54. The summed E-state index contributed by atoms with van der Waals surface area (Å²) in [5.41, 5.74) is 1.29. The Morgan fingerprint density at radius 1 is 1.15 bits per heavy atom. The van der Waals surface area contributed by atoms with Crippen LogP contribution in [0.25, 0.3) is 10.8 Å². The normalized spacial score (nSPS) is 12.5. The molecule has 2 aromatic rings. The number of rotatable bonds is 7. The second-order valence-electron chi connectivity index (χ2n) is 4.91. The maximum atomic E-state index is 10.7. The number of benzene rings is 2. The van der Waals surface area contributed by atoms with Crippen LogP contribution in [0.1, 0.15) is 38.2 Å². The summed E-state index contributed by atoms with van der Waals surface area (Å²) < 4.78 is 26.1. The van der Waals surface area contributed by atoms with Crippen LogP contribution in [0.3, 0.4) is 0 Å². The Bertz CT molecular complexity index is 595. The summed E-state index contributed by atoms with van der Waals surface area (Å²) in [6, 6.07) is 11.6. The summed E-state index contributed by atoms with van der Waals surface area (Å²) in [6.07, 6.45) is 6.03. The van der Waals surface area contributed by atoms with E-state index in [9.17, 15) is 8.76 Å². The summed E-state index contributed by atoms with van der Waals surface area (Å²) in [5.74, 6) is 0.383. The quantitative estimate of drug-likeness (QED) is 0.569. The lowest BCUT2D eigenvalue weighted by molar-refractivity contribution is 0.442. The summed E-state index contributed by atoms with van der Waals surface area (Å²) in [6.45, 7) is 2.21. The van der Waals surface area contributed by atoms with Crippen LogP contribution in [0.4, 0.5) is 0 Å². The van der Waals surface area contributed by atoms with Crippen LogP contribution < -0.4 is 4.18 Å². The topological polar surface area (TPSA) is 49.4 Å². The van der Waals surface area contributed by atoms with Gasteiger partial charge < -0.3 is 8.74 Å². The minimum absolute atomic E-state index is 0.383. The van der Waals surface area contributed by atoms with Crippen molar-refractivity contribution in [1.82, 2.24) is 0 Å². The standard InChI is InChI=1S/C16H20O3S/c1-2-3-4-5-7-13-10-11-15-14(12-13)8-6-9-16(15)19-20(17)18/h6,8-12H,2-5,7H2,1H3,(H,17,18)/p-1. The zero-order valence-corrected chi connectivity index (χ0v) is 12.4. The largest absolute Gasteiger partial charge is 0.740 e. The van der Waals surface area contributed by atoms with Crippen LogP contribution in [0, 0.1) is 0 Å². The Morgan fingerprint density at radius 3 is 2.75 bits per heavy atom. The molecule has 0 aliphatic carbocycles. The SMILES string of the molecule is CCCCCCc1ccc2c(OS(=O)[O-])cccc2c1. The Balaban J connectivity index is 2.16. The van der Waals surface area contributed by atoms with Crippen molar-refractivity contribution in [3.05, 3.63) is 42.0 Å². The van der Waals surface area contributed by atoms with E-state index in [0.717, 1.165) is 17.2 Å². The van der Waals surface area contributed by atoms with Crippen LogP contribution in [0.15, 0.2) is 36.4 Å². The van der Waals surface area contributed by atoms with Gasteiger partial charge >= 0.3 is 0 Å². The predicted molar refractivity (Wildman–Crippen MR) is 81.3 cm³/mol. The lowest BCUT2D eigenvalue weighted by atomic mass is 10.0. The molecule has 0 aliphatic rings. The van der Waals surface area contributed by atoms with Gasteiger partial charge in [-0.15, -0.1) is 0 Å². The number of hydrogen-bond acceptors (Lipinski definition) is 3. The van der Waals surface area contributed by atoms with Crippen molar-refractivity contribution < 1.29 is 12.9 Å². The molecule has 0 heterocycles. The Morgan fingerprint density at radius 2 is 2.00 bits per heavy atom. The molecular formula is C16H19O3S-. The zero-order chi connectivity index (χ0) is 14.4. The van der Waals surface area contributed by atoms with Crippen LogP contribution in [-0.2, 0) is 17.8 Å². The molecule has 3 nitrogen and oxygen atoms in total. The van der Waals surface area contributed by atoms with Gasteiger partial charge in [0.25, 0.3) is 0 Å². The second kappa shape index (κ2) is 7.41. The van der Waals surface area contributed by atoms with Gasteiger partial charge in [0.15, 0.2) is 0 Å². The van der Waals surface area contributed by atoms with E-state index in [-0.39, 0.29) is 0 Å². The fourth-order valence-corrected chi connectivity index (χ4v) is 2.65. The third-order valence-corrected chi connectivity index (χ3v) is 3.70. The highest BCUT2D eigenvalue weighted by atomic mass is 32.2. The smallest absolute Gasteiger partial charge is 0.147 e. The number of unbranched alkanes of at least 4 members (excludes halogenated alkanes) is 3. The fourth-order valence-electron chi connectivity index (χ4n) is 2.36. The third kappa shape index (κ3) is 4.05. The molecule has 2 aromatic carbocycles. The average Bonchev–Trinajstić information content (AvgIpc) is 2.43. The van der Waals surface area contributed by atoms with Crippen molar-refractivity contribution in [3.63, 3.8) is 0 Å². The van der Waals surface area contributed by atoms with E-state index in [4.69, 9.17) is 4.18 Å². The lowest BCUT2D eigenvalue weighted by Gasteiger charge is -2.11. The number of aryl methyl sites for hydroxylation is 1. The van der Waals surface area contributed by atoms with Crippen molar-refractivity contribution in [1.29, 1.82) is 0 Å². The molecule has 0 bridgehead atoms. The lowest BCUT2D eigenvalue weighted by Crippen LogP contribution is -1.98. The van der Waals surface area contributed by atoms with Crippen LogP contribution in [0.2, 0.25) is 0 Å². The van der Waals surface area contributed by atoms with E-state index in [1.54, 1.807) is 6.07 Å². The van der Waals surface area contributed by atoms with Gasteiger partial charge in [-0.1, -0.05) is 56.5 Å². The summed E-state index contributed by atoms with van der Waals surface area (Å²) in [5, 5.41) is 1.84. The van der Waals surface area contributed by atoms with E-state index < -0.39 is 11.4 Å². The summed E-state index contributed by atoms with van der Waals surface area (Å²) in [4.78, 5) is 0. The molecule has 0 fully saturated rings. The second-order valence-corrected chi connectivity index (χ2v) is 5.48. The maximum Gasteiger partial charge on any atom is 0.147 e. The molecule has 108 valence electrons. The highest BCUT2D eigenvalue weighted by molar-refractivity contribution is 7.74. The molecule has 2 rings (SSSR count). The predicted octanol–water partition coefficient (Wildman–Crippen LogP) is 4.14. The van der Waals surface area contributed by atoms with Gasteiger partial charge in [0.2, 0.25) is 0 Å². The van der Waals surface area contributed by atoms with E-state index in [0.29, 0.717) is 5.75 Å². The molecule has 0 radical (unpaired) electrons. The fraction of sp³-hybridized carbons (Fsp3) is 0.375. The van der Waals surface area contributed by atoms with Gasteiger partial charge in [0.1, 0.15) is 17.1 Å². The molecule has 0 saturated heterocycles. The van der Waals surface area contributed by atoms with E-state index in [1.807, 2.05) is 18.2 Å². The van der Waals surface area contributed by atoms with Crippen molar-refractivity contribution in [2.75, 3.05) is 0 Å². The van der Waals surface area contributed by atoms with Crippen molar-refractivity contribution in [3.8, 4) is 5.75 Å². The molecule has 4 heteroatoms. The van der Waals surface area contributed by atoms with Gasteiger partial charge in [-0.3, -0.25) is 0 Å². The van der Waals surface area contributed by atoms with Crippen LogP contribution in [0.5, 0.6) is 5.75 Å². The van der Waals surface area contributed by atoms with Gasteiger partial charge in [0.05, 0.1) is 0 Å². The third-order valence-electron chi connectivity index (χ3n) is 3.38. The first-order valence-electron chi connectivity index (χ1n) is 7.00. The van der Waals surface area contributed by atoms with E-state index in [1.165, 1.54) is 31.2 Å². The first-order chi connectivity index (χ1) is 9.70. The van der Waals surface area contributed by atoms with Gasteiger partial charge in [0, 0.05) is 5.39 Å². The molecule has 0 spiro atoms. The number of fused-ring (bicyclic) bond motifs is 1. The Kier molecular flexibility index (Phi) is 5.56. The average molecular weight is 291 g/mol. The summed E-state index contributed by atoms with van der Waals surface area (Å²) in [7, 11) is 0. The first kappa shape index (κ1) is 15.0. The molecule has 20 heavy (non-hydrogen) atoms. The molecule has 0 aromatic heterocycles. The van der Waals surface area contributed by atoms with Gasteiger partial charge in [-0.25, -0.2) is 4.21 Å². The Labute approximate surface area is 122 Å². The minimum atomic E-state index is -2.54. The molecule has 1 atom stereocenters. The molecule has 0 saturated carbocycles. The van der Waals surface area contributed by atoms with Gasteiger partial charge in [-0.2, -0.15) is 0 Å².